The zero-order chi connectivity index (χ0) is 18.8. The van der Waals surface area contributed by atoms with Crippen LogP contribution in [0.25, 0.3) is 10.9 Å². The Morgan fingerprint density at radius 2 is 1.81 bits per heavy atom. The van der Waals surface area contributed by atoms with Gasteiger partial charge in [-0.05, 0) is 63.1 Å². The van der Waals surface area contributed by atoms with Gasteiger partial charge in [0.25, 0.3) is 0 Å². The topological polar surface area (TPSA) is 57.4 Å². The van der Waals surface area contributed by atoms with Crippen LogP contribution >= 0.6 is 11.6 Å². The molecule has 0 fully saturated rings. The van der Waals surface area contributed by atoms with E-state index in [1.54, 1.807) is 6.07 Å². The standard InChI is InChI=1S/C21H23ClN2O2/c1-12(2)25-17-9-13(3)21(18(22)11-17)26-20-8-6-16-10-15(14(4)23)5-7-19(16)24-20/h5-12,14H,23H2,1-4H3. The first-order valence-electron chi connectivity index (χ1n) is 8.64. The third-order valence-electron chi connectivity index (χ3n) is 3.99. The fraction of sp³-hybridized carbons (Fsp3) is 0.286. The van der Waals surface area contributed by atoms with E-state index in [2.05, 4.69) is 4.98 Å². The van der Waals surface area contributed by atoms with Crippen LogP contribution in [-0.2, 0) is 0 Å². The highest BCUT2D eigenvalue weighted by Gasteiger charge is 2.12. The zero-order valence-corrected chi connectivity index (χ0v) is 16.2. The van der Waals surface area contributed by atoms with Gasteiger partial charge in [0, 0.05) is 23.6 Å². The molecule has 136 valence electrons. The molecule has 2 N–H and O–H groups in total. The summed E-state index contributed by atoms with van der Waals surface area (Å²) in [6.07, 6.45) is 0.0838. The number of hydrogen-bond acceptors (Lipinski definition) is 4. The van der Waals surface area contributed by atoms with Crippen molar-refractivity contribution in [2.24, 2.45) is 5.73 Å². The van der Waals surface area contributed by atoms with E-state index in [1.807, 2.05) is 64.1 Å². The van der Waals surface area contributed by atoms with Crippen LogP contribution in [0.15, 0.2) is 42.5 Å². The zero-order valence-electron chi connectivity index (χ0n) is 15.4. The largest absolute Gasteiger partial charge is 0.491 e. The molecule has 4 nitrogen and oxygen atoms in total. The Morgan fingerprint density at radius 1 is 1.04 bits per heavy atom. The lowest BCUT2D eigenvalue weighted by Gasteiger charge is -2.15. The van der Waals surface area contributed by atoms with E-state index in [0.717, 1.165) is 27.8 Å². The molecule has 26 heavy (non-hydrogen) atoms. The Hall–Kier alpha value is -2.30. The third kappa shape index (κ3) is 4.09. The van der Waals surface area contributed by atoms with Crippen molar-refractivity contribution in [1.82, 2.24) is 4.98 Å². The number of fused-ring (bicyclic) bond motifs is 1. The van der Waals surface area contributed by atoms with Crippen molar-refractivity contribution >= 4 is 22.5 Å². The molecule has 1 unspecified atom stereocenters. The molecule has 0 radical (unpaired) electrons. The number of aromatic nitrogens is 1. The van der Waals surface area contributed by atoms with E-state index in [4.69, 9.17) is 26.8 Å². The number of hydrogen-bond donors (Lipinski definition) is 1. The molecule has 0 aliphatic rings. The second kappa shape index (κ2) is 7.52. The highest BCUT2D eigenvalue weighted by Crippen LogP contribution is 2.36. The minimum atomic E-state index is -0.0108. The lowest BCUT2D eigenvalue weighted by molar-refractivity contribution is 0.242. The summed E-state index contributed by atoms with van der Waals surface area (Å²) >= 11 is 6.40. The third-order valence-corrected chi connectivity index (χ3v) is 4.28. The molecule has 0 saturated heterocycles. The number of nitrogens with two attached hydrogens (primary N) is 1. The van der Waals surface area contributed by atoms with Crippen molar-refractivity contribution in [3.63, 3.8) is 0 Å². The summed E-state index contributed by atoms with van der Waals surface area (Å²) in [6, 6.07) is 13.5. The molecule has 0 spiro atoms. The van der Waals surface area contributed by atoms with Crippen LogP contribution in [0.5, 0.6) is 17.4 Å². The molecule has 0 saturated carbocycles. The van der Waals surface area contributed by atoms with E-state index in [-0.39, 0.29) is 12.1 Å². The van der Waals surface area contributed by atoms with Gasteiger partial charge in [0.2, 0.25) is 5.88 Å². The van der Waals surface area contributed by atoms with Gasteiger partial charge in [-0.1, -0.05) is 17.7 Å². The lowest BCUT2D eigenvalue weighted by Crippen LogP contribution is -2.06. The Balaban J connectivity index is 1.90. The van der Waals surface area contributed by atoms with Gasteiger partial charge < -0.3 is 15.2 Å². The summed E-state index contributed by atoms with van der Waals surface area (Å²) in [5.74, 6) is 1.81. The molecule has 0 amide bonds. The molecule has 0 bridgehead atoms. The van der Waals surface area contributed by atoms with Crippen molar-refractivity contribution in [3.8, 4) is 17.4 Å². The maximum atomic E-state index is 6.40. The SMILES string of the molecule is Cc1cc(OC(C)C)cc(Cl)c1Oc1ccc2cc(C(C)N)ccc2n1. The minimum absolute atomic E-state index is 0.0108. The Bertz CT molecular complexity index is 915. The van der Waals surface area contributed by atoms with Crippen LogP contribution in [0.3, 0.4) is 0 Å². The van der Waals surface area contributed by atoms with E-state index >= 15 is 0 Å². The quantitative estimate of drug-likeness (QED) is 0.617. The molecule has 1 aromatic heterocycles. The van der Waals surface area contributed by atoms with Crippen LogP contribution in [0.2, 0.25) is 5.02 Å². The Labute approximate surface area is 158 Å². The molecule has 1 heterocycles. The monoisotopic (exact) mass is 370 g/mol. The molecule has 2 aromatic carbocycles. The highest BCUT2D eigenvalue weighted by atomic mass is 35.5. The van der Waals surface area contributed by atoms with Crippen molar-refractivity contribution in [3.05, 3.63) is 58.6 Å². The average molecular weight is 371 g/mol. The molecule has 0 aliphatic heterocycles. The summed E-state index contributed by atoms with van der Waals surface area (Å²) in [7, 11) is 0. The predicted octanol–water partition coefficient (Wildman–Crippen LogP) is 5.80. The van der Waals surface area contributed by atoms with Gasteiger partial charge in [-0.2, -0.15) is 0 Å². The van der Waals surface area contributed by atoms with E-state index in [1.165, 1.54) is 0 Å². The van der Waals surface area contributed by atoms with Crippen molar-refractivity contribution in [2.75, 3.05) is 0 Å². The van der Waals surface area contributed by atoms with E-state index in [0.29, 0.717) is 16.7 Å². The average Bonchev–Trinajstić information content (AvgIpc) is 2.57. The van der Waals surface area contributed by atoms with Gasteiger partial charge in [-0.25, -0.2) is 4.98 Å². The van der Waals surface area contributed by atoms with Crippen LogP contribution in [0.1, 0.15) is 37.9 Å². The molecule has 3 aromatic rings. The van der Waals surface area contributed by atoms with Crippen LogP contribution in [0, 0.1) is 6.92 Å². The fourth-order valence-corrected chi connectivity index (χ4v) is 3.03. The van der Waals surface area contributed by atoms with Crippen LogP contribution in [0.4, 0.5) is 0 Å². The Morgan fingerprint density at radius 3 is 2.46 bits per heavy atom. The van der Waals surface area contributed by atoms with Gasteiger partial charge in [0.05, 0.1) is 16.6 Å². The van der Waals surface area contributed by atoms with E-state index in [9.17, 15) is 0 Å². The van der Waals surface area contributed by atoms with Gasteiger partial charge in [0.15, 0.2) is 5.75 Å². The summed E-state index contributed by atoms with van der Waals surface area (Å²) in [5, 5.41) is 1.52. The number of halogens is 1. The van der Waals surface area contributed by atoms with Gasteiger partial charge in [0.1, 0.15) is 5.75 Å². The maximum Gasteiger partial charge on any atom is 0.219 e. The first kappa shape index (κ1) is 18.5. The minimum Gasteiger partial charge on any atom is -0.491 e. The molecule has 0 aliphatic carbocycles. The smallest absolute Gasteiger partial charge is 0.219 e. The number of ether oxygens (including phenoxy) is 2. The van der Waals surface area contributed by atoms with Gasteiger partial charge in [-0.15, -0.1) is 0 Å². The maximum absolute atomic E-state index is 6.40. The molecule has 3 rings (SSSR count). The molecular weight excluding hydrogens is 348 g/mol. The fourth-order valence-electron chi connectivity index (χ4n) is 2.74. The molecular formula is C21H23ClN2O2. The van der Waals surface area contributed by atoms with Crippen LogP contribution in [-0.4, -0.2) is 11.1 Å². The van der Waals surface area contributed by atoms with Crippen molar-refractivity contribution in [2.45, 2.75) is 39.8 Å². The first-order chi connectivity index (χ1) is 12.3. The first-order valence-corrected chi connectivity index (χ1v) is 9.02. The molecule has 5 heteroatoms. The van der Waals surface area contributed by atoms with Gasteiger partial charge >= 0.3 is 0 Å². The number of pyridine rings is 1. The lowest BCUT2D eigenvalue weighted by atomic mass is 10.1. The predicted molar refractivity (Wildman–Crippen MR) is 106 cm³/mol. The summed E-state index contributed by atoms with van der Waals surface area (Å²) < 4.78 is 11.7. The second-order valence-corrected chi connectivity index (χ2v) is 7.12. The highest BCUT2D eigenvalue weighted by molar-refractivity contribution is 6.32. The van der Waals surface area contributed by atoms with E-state index < -0.39 is 0 Å². The number of aryl methyl sites for hydroxylation is 1. The van der Waals surface area contributed by atoms with Crippen molar-refractivity contribution < 1.29 is 9.47 Å². The normalized spacial score (nSPS) is 12.4. The number of benzene rings is 2. The van der Waals surface area contributed by atoms with Crippen molar-refractivity contribution in [1.29, 1.82) is 0 Å². The number of nitrogens with zero attached hydrogens (tertiary/aromatic N) is 1. The number of rotatable bonds is 5. The van der Waals surface area contributed by atoms with Gasteiger partial charge in [-0.3, -0.25) is 0 Å². The van der Waals surface area contributed by atoms with Crippen LogP contribution < -0.4 is 15.2 Å². The summed E-state index contributed by atoms with van der Waals surface area (Å²) in [6.45, 7) is 7.85. The summed E-state index contributed by atoms with van der Waals surface area (Å²) in [4.78, 5) is 4.57. The molecule has 1 atom stereocenters. The Kier molecular flexibility index (Phi) is 5.35. The summed E-state index contributed by atoms with van der Waals surface area (Å²) in [5.41, 5.74) is 8.76. The second-order valence-electron chi connectivity index (χ2n) is 6.71.